The Balaban J connectivity index is 2.19. The van der Waals surface area contributed by atoms with Crippen LogP contribution >= 0.6 is 0 Å². The quantitative estimate of drug-likeness (QED) is 0.597. The fourth-order valence-corrected chi connectivity index (χ4v) is 3.31. The van der Waals surface area contributed by atoms with Crippen molar-refractivity contribution in [1.82, 2.24) is 5.32 Å². The molecule has 1 heterocycles. The highest BCUT2D eigenvalue weighted by atomic mass is 19.1. The maximum absolute atomic E-state index is 14.3. The van der Waals surface area contributed by atoms with E-state index >= 15 is 0 Å². The van der Waals surface area contributed by atoms with Crippen LogP contribution in [0.1, 0.15) is 31.4 Å². The lowest BCUT2D eigenvalue weighted by Crippen LogP contribution is -2.33. The fraction of sp³-hybridized carbons (Fsp3) is 0.300. The lowest BCUT2D eigenvalue weighted by Gasteiger charge is -2.24. The average Bonchev–Trinajstić information content (AvgIpc) is 2.64. The Bertz CT molecular complexity index is 919. The first kappa shape index (κ1) is 19.8. The maximum atomic E-state index is 14.3. The van der Waals surface area contributed by atoms with Crippen LogP contribution in [0.3, 0.4) is 0 Å². The van der Waals surface area contributed by atoms with E-state index in [1.165, 1.54) is 30.3 Å². The minimum atomic E-state index is -1.30. The molecular weight excluding hydrogens is 370 g/mol. The third kappa shape index (κ3) is 4.28. The number of halogens is 2. The van der Waals surface area contributed by atoms with Gasteiger partial charge in [0, 0.05) is 11.3 Å². The fourth-order valence-electron chi connectivity index (χ4n) is 3.31. The van der Waals surface area contributed by atoms with Gasteiger partial charge in [0.25, 0.3) is 0 Å². The molecule has 8 heteroatoms. The maximum Gasteiger partial charge on any atom is 0.405 e. The molecule has 148 valence electrons. The van der Waals surface area contributed by atoms with Crippen molar-refractivity contribution >= 4 is 17.7 Å². The molecule has 6 nitrogen and oxygen atoms in total. The summed E-state index contributed by atoms with van der Waals surface area (Å²) in [6, 6.07) is 6.84. The summed E-state index contributed by atoms with van der Waals surface area (Å²) in [4.78, 5) is 23.7. The third-order valence-electron chi connectivity index (χ3n) is 4.91. The Morgan fingerprint density at radius 2 is 1.89 bits per heavy atom. The zero-order valence-corrected chi connectivity index (χ0v) is 15.1. The van der Waals surface area contributed by atoms with Crippen molar-refractivity contribution in [2.75, 3.05) is 5.32 Å². The first-order chi connectivity index (χ1) is 13.2. The van der Waals surface area contributed by atoms with Crippen LogP contribution in [0.2, 0.25) is 0 Å². The Kier molecular flexibility index (Phi) is 5.60. The number of benzene rings is 2. The second-order valence-electron chi connectivity index (χ2n) is 6.89. The van der Waals surface area contributed by atoms with Gasteiger partial charge >= 0.3 is 6.09 Å². The number of aliphatic hydroxyl groups is 1. The van der Waals surface area contributed by atoms with E-state index < -0.39 is 41.7 Å². The van der Waals surface area contributed by atoms with Gasteiger partial charge in [-0.05, 0) is 60.4 Å². The summed E-state index contributed by atoms with van der Waals surface area (Å²) >= 11 is 0. The van der Waals surface area contributed by atoms with E-state index in [0.29, 0.717) is 11.1 Å². The summed E-state index contributed by atoms with van der Waals surface area (Å²) in [5.74, 6) is -2.45. The van der Waals surface area contributed by atoms with Crippen molar-refractivity contribution in [1.29, 1.82) is 0 Å². The number of carbonyl (C=O) groups is 2. The lowest BCUT2D eigenvalue weighted by atomic mass is 9.91. The molecule has 3 atom stereocenters. The Labute approximate surface area is 160 Å². The van der Waals surface area contributed by atoms with E-state index in [0.717, 1.165) is 0 Å². The van der Waals surface area contributed by atoms with Gasteiger partial charge in [0.2, 0.25) is 5.91 Å². The number of hydrogen-bond donors (Lipinski definition) is 4. The number of aliphatic hydroxyl groups excluding tert-OH is 1. The van der Waals surface area contributed by atoms with Crippen molar-refractivity contribution in [2.45, 2.75) is 31.9 Å². The molecule has 4 N–H and O–H groups in total. The minimum absolute atomic E-state index is 0.127. The number of fused-ring (bicyclic) bond motifs is 4. The van der Waals surface area contributed by atoms with Crippen LogP contribution in [-0.2, 0) is 4.79 Å². The van der Waals surface area contributed by atoms with Crippen molar-refractivity contribution in [2.24, 2.45) is 5.92 Å². The highest BCUT2D eigenvalue weighted by Crippen LogP contribution is 2.34. The number of carbonyl (C=O) groups excluding carboxylic acids is 1. The van der Waals surface area contributed by atoms with E-state index in [-0.39, 0.29) is 24.1 Å². The van der Waals surface area contributed by atoms with E-state index in [4.69, 9.17) is 5.11 Å². The molecule has 0 fully saturated rings. The highest BCUT2D eigenvalue weighted by molar-refractivity contribution is 5.97. The predicted molar refractivity (Wildman–Crippen MR) is 98.7 cm³/mol. The van der Waals surface area contributed by atoms with Crippen LogP contribution in [0.15, 0.2) is 36.4 Å². The van der Waals surface area contributed by atoms with Crippen LogP contribution in [0.5, 0.6) is 0 Å². The molecule has 0 aliphatic carbocycles. The number of nitrogens with one attached hydrogen (secondary N) is 2. The van der Waals surface area contributed by atoms with E-state index in [9.17, 15) is 23.5 Å². The molecule has 2 aromatic carbocycles. The standard InChI is InChI=1S/C20H20F2N2O4/c1-10-18(25)5-4-16(24-20(27)28)12-6-11(7-14(22)8-12)15-9-13(21)2-3-17(15)23-19(10)26/h2-3,6-10,16,18,24-25H,4-5H2,1H3,(H,23,26)(H,27,28)/t10-,16+,18?/m1/s1. The zero-order valence-electron chi connectivity index (χ0n) is 15.1. The molecular formula is C20H20F2N2O4. The Hall–Kier alpha value is -3.00. The van der Waals surface area contributed by atoms with Gasteiger partial charge in [0.05, 0.1) is 18.1 Å². The zero-order chi connectivity index (χ0) is 20.4. The molecule has 28 heavy (non-hydrogen) atoms. The van der Waals surface area contributed by atoms with Gasteiger partial charge in [-0.2, -0.15) is 0 Å². The van der Waals surface area contributed by atoms with Gasteiger partial charge in [-0.15, -0.1) is 0 Å². The first-order valence-electron chi connectivity index (χ1n) is 8.83. The second-order valence-corrected chi connectivity index (χ2v) is 6.89. The third-order valence-corrected chi connectivity index (χ3v) is 4.91. The van der Waals surface area contributed by atoms with Crippen molar-refractivity contribution in [3.8, 4) is 11.1 Å². The molecule has 0 spiro atoms. The molecule has 3 rings (SSSR count). The van der Waals surface area contributed by atoms with E-state index in [1.54, 1.807) is 13.0 Å². The lowest BCUT2D eigenvalue weighted by molar-refractivity contribution is -0.122. The van der Waals surface area contributed by atoms with E-state index in [2.05, 4.69) is 10.6 Å². The van der Waals surface area contributed by atoms with Crippen LogP contribution < -0.4 is 10.6 Å². The molecule has 1 aliphatic rings. The van der Waals surface area contributed by atoms with E-state index in [1.807, 2.05) is 0 Å². The number of carboxylic acid groups (broad SMARTS) is 1. The summed E-state index contributed by atoms with van der Waals surface area (Å²) in [5.41, 5.74) is 1.17. The van der Waals surface area contributed by atoms with Gasteiger partial charge in [0.1, 0.15) is 11.6 Å². The predicted octanol–water partition coefficient (Wildman–Crippen LogP) is 3.67. The minimum Gasteiger partial charge on any atom is -0.465 e. The summed E-state index contributed by atoms with van der Waals surface area (Å²) in [6.07, 6.45) is -2.05. The van der Waals surface area contributed by atoms with Crippen LogP contribution in [0, 0.1) is 17.6 Å². The molecule has 1 unspecified atom stereocenters. The van der Waals surface area contributed by atoms with Crippen LogP contribution in [-0.4, -0.2) is 28.3 Å². The highest BCUT2D eigenvalue weighted by Gasteiger charge is 2.26. The normalized spacial score (nSPS) is 22.3. The first-order valence-corrected chi connectivity index (χ1v) is 8.83. The smallest absolute Gasteiger partial charge is 0.405 e. The van der Waals surface area contributed by atoms with Crippen LogP contribution in [0.4, 0.5) is 19.3 Å². The number of anilines is 1. The Morgan fingerprint density at radius 1 is 1.14 bits per heavy atom. The molecule has 2 amide bonds. The summed E-state index contributed by atoms with van der Waals surface area (Å²) in [6.45, 7) is 1.55. The topological polar surface area (TPSA) is 98.7 Å². The van der Waals surface area contributed by atoms with Gasteiger partial charge < -0.3 is 20.8 Å². The second kappa shape index (κ2) is 7.93. The molecule has 1 aliphatic heterocycles. The molecule has 2 bridgehead atoms. The summed E-state index contributed by atoms with van der Waals surface area (Å²) < 4.78 is 28.2. The largest absolute Gasteiger partial charge is 0.465 e. The van der Waals surface area contributed by atoms with Gasteiger partial charge in [-0.25, -0.2) is 13.6 Å². The number of hydrogen-bond acceptors (Lipinski definition) is 3. The molecule has 0 aromatic heterocycles. The van der Waals surface area contributed by atoms with Gasteiger partial charge in [-0.1, -0.05) is 6.92 Å². The Morgan fingerprint density at radius 3 is 2.61 bits per heavy atom. The monoisotopic (exact) mass is 390 g/mol. The van der Waals surface area contributed by atoms with Gasteiger partial charge in [0.15, 0.2) is 0 Å². The molecule has 2 aromatic rings. The number of amides is 2. The molecule has 0 saturated carbocycles. The molecule has 0 saturated heterocycles. The van der Waals surface area contributed by atoms with Crippen molar-refractivity contribution < 1.29 is 28.6 Å². The SMILES string of the molecule is C[C@H]1C(=O)Nc2ccc(F)cc2-c2cc(F)cc(c2)[C@@H](NC(=O)O)CCC1O. The van der Waals surface area contributed by atoms with Crippen molar-refractivity contribution in [3.05, 3.63) is 53.6 Å². The number of rotatable bonds is 1. The average molecular weight is 390 g/mol. The van der Waals surface area contributed by atoms with Gasteiger partial charge in [-0.3, -0.25) is 4.79 Å². The molecule has 0 radical (unpaired) electrons. The van der Waals surface area contributed by atoms with Crippen LogP contribution in [0.25, 0.3) is 11.1 Å². The summed E-state index contributed by atoms with van der Waals surface area (Å²) in [5, 5.41) is 24.4. The van der Waals surface area contributed by atoms with Crippen molar-refractivity contribution in [3.63, 3.8) is 0 Å². The summed E-state index contributed by atoms with van der Waals surface area (Å²) in [7, 11) is 0.